The van der Waals surface area contributed by atoms with E-state index in [9.17, 15) is 19.5 Å². The molecule has 3 aliphatic rings. The molecular formula is C47H50N6O6. The Balaban J connectivity index is 1.17. The van der Waals surface area contributed by atoms with Crippen LogP contribution in [0.2, 0.25) is 0 Å². The van der Waals surface area contributed by atoms with Crippen molar-refractivity contribution in [3.05, 3.63) is 142 Å². The molecule has 0 bridgehead atoms. The monoisotopic (exact) mass is 794 g/mol. The third-order valence-corrected chi connectivity index (χ3v) is 12.3. The quantitative estimate of drug-likeness (QED) is 0.193. The van der Waals surface area contributed by atoms with E-state index in [1.807, 2.05) is 72.0 Å². The van der Waals surface area contributed by atoms with Gasteiger partial charge < -0.3 is 34.0 Å². The molecule has 4 aromatic carbocycles. The number of piperazine rings is 1. The Morgan fingerprint density at radius 1 is 0.763 bits per heavy atom. The van der Waals surface area contributed by atoms with E-state index in [1.165, 1.54) is 29.8 Å². The van der Waals surface area contributed by atoms with Gasteiger partial charge in [-0.1, -0.05) is 42.5 Å². The molecule has 0 saturated carbocycles. The zero-order chi connectivity index (χ0) is 41.4. The van der Waals surface area contributed by atoms with E-state index < -0.39 is 12.1 Å². The van der Waals surface area contributed by atoms with Gasteiger partial charge in [-0.3, -0.25) is 14.5 Å². The molecule has 5 aromatic rings. The van der Waals surface area contributed by atoms with Crippen molar-refractivity contribution in [3.8, 4) is 17.0 Å². The van der Waals surface area contributed by atoms with Gasteiger partial charge in [0, 0.05) is 101 Å². The van der Waals surface area contributed by atoms with Gasteiger partial charge >= 0.3 is 12.1 Å². The van der Waals surface area contributed by atoms with Crippen molar-refractivity contribution in [1.82, 2.24) is 24.2 Å². The summed E-state index contributed by atoms with van der Waals surface area (Å²) in [6.07, 6.45) is 0.716. The predicted molar refractivity (Wildman–Crippen MR) is 226 cm³/mol. The summed E-state index contributed by atoms with van der Waals surface area (Å²) >= 11 is 0. The van der Waals surface area contributed by atoms with E-state index in [-0.39, 0.29) is 35.7 Å². The lowest BCUT2D eigenvalue weighted by Crippen LogP contribution is -2.53. The van der Waals surface area contributed by atoms with Gasteiger partial charge in [0.15, 0.2) is 0 Å². The molecule has 59 heavy (non-hydrogen) atoms. The molecule has 304 valence electrons. The number of nitrogens with zero attached hydrogens (tertiary/aromatic N) is 6. The summed E-state index contributed by atoms with van der Waals surface area (Å²) in [6, 6.07) is 29.5. The summed E-state index contributed by atoms with van der Waals surface area (Å²) in [4.78, 5) is 64.4. The summed E-state index contributed by atoms with van der Waals surface area (Å²) in [7, 11) is 5.85. The highest BCUT2D eigenvalue weighted by Gasteiger charge is 2.35. The van der Waals surface area contributed by atoms with Gasteiger partial charge in [0.25, 0.3) is 11.8 Å². The maximum atomic E-state index is 15.4. The van der Waals surface area contributed by atoms with Gasteiger partial charge in [-0.25, -0.2) is 9.59 Å². The van der Waals surface area contributed by atoms with Crippen molar-refractivity contribution in [3.63, 3.8) is 0 Å². The van der Waals surface area contributed by atoms with Crippen LogP contribution >= 0.6 is 0 Å². The Hall–Kier alpha value is -6.24. The fourth-order valence-electron chi connectivity index (χ4n) is 8.58. The Kier molecular flexibility index (Phi) is 11.1. The molecule has 0 aliphatic carbocycles. The molecule has 1 atom stereocenters. The number of fused-ring (bicyclic) bond motifs is 2. The number of aromatic nitrogens is 1. The number of carbonyl (C=O) groups is 4. The highest BCUT2D eigenvalue weighted by atomic mass is 16.6. The molecule has 1 N–H and O–H groups in total. The van der Waals surface area contributed by atoms with Crippen molar-refractivity contribution >= 4 is 29.6 Å². The molecule has 0 spiro atoms. The molecule has 3 amide bonds. The van der Waals surface area contributed by atoms with Crippen LogP contribution in [0.25, 0.3) is 11.3 Å². The molecule has 12 heteroatoms. The van der Waals surface area contributed by atoms with Crippen molar-refractivity contribution in [2.45, 2.75) is 38.9 Å². The second-order valence-electron chi connectivity index (χ2n) is 16.0. The van der Waals surface area contributed by atoms with Crippen LogP contribution in [0, 0.1) is 6.92 Å². The number of hydrogen-bond donors (Lipinski definition) is 1. The third-order valence-electron chi connectivity index (χ3n) is 12.3. The molecule has 0 radical (unpaired) electrons. The second kappa shape index (κ2) is 16.6. The summed E-state index contributed by atoms with van der Waals surface area (Å²) < 4.78 is 7.67. The number of hydrogen-bond acceptors (Lipinski definition) is 7. The van der Waals surface area contributed by atoms with Crippen LogP contribution in [-0.4, -0.2) is 113 Å². The van der Waals surface area contributed by atoms with Gasteiger partial charge in [0.05, 0.1) is 11.1 Å². The first-order chi connectivity index (χ1) is 28.4. The maximum absolute atomic E-state index is 15.4. The number of anilines is 1. The topological polar surface area (TPSA) is 119 Å². The summed E-state index contributed by atoms with van der Waals surface area (Å²) in [5.74, 6) is -1.06. The highest BCUT2D eigenvalue weighted by molar-refractivity contribution is 6.08. The van der Waals surface area contributed by atoms with E-state index >= 15 is 4.79 Å². The lowest BCUT2D eigenvalue weighted by atomic mass is 9.89. The molecule has 1 saturated heterocycles. The number of aromatic carboxylic acids is 1. The summed E-state index contributed by atoms with van der Waals surface area (Å²) in [5, 5.41) is 9.29. The normalized spacial score (nSPS) is 16.9. The SMILES string of the molecule is Cc1c(C(=O)N(C)c2ccccc2)cc(-c2cc3c(cc2C(=O)N2Cc4ccccc4C[C@H]2CN2CCN(C)CC2)CN(C(=O)Oc2ccc(C(=O)O)cc2)CC3)n1C. The minimum Gasteiger partial charge on any atom is -0.478 e. The molecule has 3 aliphatic heterocycles. The maximum Gasteiger partial charge on any atom is 0.415 e. The van der Waals surface area contributed by atoms with Crippen LogP contribution < -0.4 is 9.64 Å². The predicted octanol–water partition coefficient (Wildman–Crippen LogP) is 6.35. The average Bonchev–Trinajstić information content (AvgIpc) is 3.55. The van der Waals surface area contributed by atoms with Crippen molar-refractivity contribution in [2.75, 3.05) is 58.3 Å². The average molecular weight is 795 g/mol. The minimum absolute atomic E-state index is 0.0597. The van der Waals surface area contributed by atoms with Gasteiger partial charge in [0.1, 0.15) is 5.75 Å². The van der Waals surface area contributed by atoms with E-state index in [0.29, 0.717) is 30.6 Å². The number of amides is 3. The summed E-state index contributed by atoms with van der Waals surface area (Å²) in [6.45, 7) is 7.61. The smallest absolute Gasteiger partial charge is 0.415 e. The number of carboxylic acid groups (broad SMARTS) is 1. The van der Waals surface area contributed by atoms with E-state index in [2.05, 4.69) is 41.1 Å². The zero-order valence-corrected chi connectivity index (χ0v) is 34.1. The Morgan fingerprint density at radius 2 is 1.46 bits per heavy atom. The van der Waals surface area contributed by atoms with Gasteiger partial charge in [0.2, 0.25) is 0 Å². The van der Waals surface area contributed by atoms with E-state index in [4.69, 9.17) is 4.74 Å². The molecule has 12 nitrogen and oxygen atoms in total. The number of carboxylic acids is 1. The van der Waals surface area contributed by atoms with E-state index in [0.717, 1.165) is 78.5 Å². The fraction of sp³-hybridized carbons (Fsp3) is 0.319. The van der Waals surface area contributed by atoms with Crippen LogP contribution in [0.4, 0.5) is 10.5 Å². The minimum atomic E-state index is -1.06. The van der Waals surface area contributed by atoms with Gasteiger partial charge in [-0.2, -0.15) is 0 Å². The third kappa shape index (κ3) is 8.10. The fourth-order valence-corrected chi connectivity index (χ4v) is 8.58. The number of likely N-dealkylation sites (N-methyl/N-ethyl adjacent to an activating group) is 1. The molecule has 8 rings (SSSR count). The second-order valence-corrected chi connectivity index (χ2v) is 16.0. The lowest BCUT2D eigenvalue weighted by molar-refractivity contribution is 0.0536. The van der Waals surface area contributed by atoms with Crippen LogP contribution in [0.5, 0.6) is 5.75 Å². The Bertz CT molecular complexity index is 2400. The van der Waals surface area contributed by atoms with Crippen LogP contribution in [-0.2, 0) is 33.0 Å². The largest absolute Gasteiger partial charge is 0.478 e. The number of benzene rings is 4. The van der Waals surface area contributed by atoms with Crippen molar-refractivity contribution < 1.29 is 29.0 Å². The number of para-hydroxylation sites is 1. The number of rotatable bonds is 8. The first-order valence-corrected chi connectivity index (χ1v) is 20.2. The molecule has 4 heterocycles. The molecule has 0 unspecified atom stereocenters. The first kappa shape index (κ1) is 39.6. The van der Waals surface area contributed by atoms with Crippen molar-refractivity contribution in [2.24, 2.45) is 7.05 Å². The van der Waals surface area contributed by atoms with Crippen LogP contribution in [0.15, 0.2) is 97.1 Å². The summed E-state index contributed by atoms with van der Waals surface area (Å²) in [5.41, 5.74) is 8.49. The van der Waals surface area contributed by atoms with Crippen LogP contribution in [0.3, 0.4) is 0 Å². The molecule has 1 fully saturated rings. The Labute approximate surface area is 344 Å². The Morgan fingerprint density at radius 3 is 2.17 bits per heavy atom. The van der Waals surface area contributed by atoms with Gasteiger partial charge in [-0.15, -0.1) is 0 Å². The molecular weight excluding hydrogens is 745 g/mol. The van der Waals surface area contributed by atoms with Crippen LogP contribution in [0.1, 0.15) is 59.0 Å². The van der Waals surface area contributed by atoms with Crippen molar-refractivity contribution in [1.29, 1.82) is 0 Å². The number of carbonyl (C=O) groups excluding carboxylic acids is 3. The number of ether oxygens (including phenoxy) is 1. The highest BCUT2D eigenvalue weighted by Crippen LogP contribution is 2.36. The lowest BCUT2D eigenvalue weighted by Gasteiger charge is -2.42. The van der Waals surface area contributed by atoms with Gasteiger partial charge in [-0.05, 0) is 104 Å². The standard InChI is InChI=1S/C47H50N6O6/c1-31-40(44(54)50(4)37-12-6-5-7-13-37)27-43(49(31)3)41-25-34-18-19-52(47(58)59-39-16-14-32(15-17-39)46(56)57)28-36(34)26-42(41)45(55)53-29-35-11-9-8-10-33(35)24-38(53)30-51-22-20-48(2)21-23-51/h5-17,25-27,38H,18-24,28-30H2,1-4H3,(H,56,57)/t38-/m0/s1. The first-order valence-electron chi connectivity index (χ1n) is 20.2. The van der Waals surface area contributed by atoms with E-state index in [1.54, 1.807) is 16.8 Å². The molecule has 1 aromatic heterocycles. The zero-order valence-electron chi connectivity index (χ0n) is 34.1.